The molecule has 2 heterocycles. The Kier molecular flexibility index (Phi) is 5.36. The number of likely N-dealkylation sites (N-methyl/N-ethyl adjacent to an activating group) is 1. The van der Waals surface area contributed by atoms with Crippen LogP contribution in [0.15, 0.2) is 0 Å². The van der Waals surface area contributed by atoms with E-state index in [0.717, 1.165) is 25.0 Å². The van der Waals surface area contributed by atoms with Gasteiger partial charge in [-0.15, -0.1) is 0 Å². The molecule has 0 radical (unpaired) electrons. The van der Waals surface area contributed by atoms with Crippen molar-refractivity contribution in [1.29, 1.82) is 0 Å². The lowest BCUT2D eigenvalue weighted by Crippen LogP contribution is -2.50. The van der Waals surface area contributed by atoms with Crippen LogP contribution in [0.25, 0.3) is 0 Å². The molecule has 1 unspecified atom stereocenters. The quantitative estimate of drug-likeness (QED) is 0.785. The van der Waals surface area contributed by atoms with Crippen LogP contribution in [0.5, 0.6) is 0 Å². The Morgan fingerprint density at radius 1 is 1.33 bits per heavy atom. The average molecular weight is 272 g/mol. The Hall–Kier alpha value is 0.230. The number of piperidine rings is 1. The molecule has 0 amide bonds. The predicted octanol–water partition coefficient (Wildman–Crippen LogP) is 1.74. The van der Waals surface area contributed by atoms with Gasteiger partial charge in [0.25, 0.3) is 0 Å². The maximum atomic E-state index is 5.51. The minimum absolute atomic E-state index is 0.398. The third-order valence-electron chi connectivity index (χ3n) is 4.66. The maximum Gasteiger partial charge on any atom is 0.0472 e. The molecule has 2 fully saturated rings. The number of rotatable bonds is 4. The first-order valence-electron chi connectivity index (χ1n) is 7.23. The summed E-state index contributed by atoms with van der Waals surface area (Å²) in [6.45, 7) is 5.55. The molecule has 2 saturated heterocycles. The van der Waals surface area contributed by atoms with Crippen LogP contribution in [0.3, 0.4) is 0 Å². The third-order valence-corrected chi connectivity index (χ3v) is 5.33. The summed E-state index contributed by atoms with van der Waals surface area (Å²) in [5.41, 5.74) is 0.398. The summed E-state index contributed by atoms with van der Waals surface area (Å²) in [5.74, 6) is 0.999. The first-order valence-corrected chi connectivity index (χ1v) is 7.86. The molecule has 0 saturated carbocycles. The lowest BCUT2D eigenvalue weighted by atomic mass is 9.81. The molecule has 0 aromatic carbocycles. The van der Waals surface area contributed by atoms with Crippen molar-refractivity contribution in [3.63, 3.8) is 0 Å². The summed E-state index contributed by atoms with van der Waals surface area (Å²) >= 11 is 4.62. The molecule has 0 aromatic rings. The summed E-state index contributed by atoms with van der Waals surface area (Å²) in [7, 11) is 4.41. The normalized spacial score (nSPS) is 29.7. The van der Waals surface area contributed by atoms with E-state index >= 15 is 0 Å². The largest absolute Gasteiger partial charge is 0.381 e. The highest BCUT2D eigenvalue weighted by molar-refractivity contribution is 7.80. The fourth-order valence-electron chi connectivity index (χ4n) is 3.24. The van der Waals surface area contributed by atoms with Crippen LogP contribution >= 0.6 is 12.6 Å². The highest BCUT2D eigenvalue weighted by Crippen LogP contribution is 2.33. The summed E-state index contributed by atoms with van der Waals surface area (Å²) < 4.78 is 5.51. The first-order chi connectivity index (χ1) is 8.65. The minimum atomic E-state index is 0.398. The molecule has 18 heavy (non-hydrogen) atoms. The molecule has 0 N–H and O–H groups in total. The number of hydrogen-bond acceptors (Lipinski definition) is 4. The van der Waals surface area contributed by atoms with Gasteiger partial charge in [-0.2, -0.15) is 12.6 Å². The van der Waals surface area contributed by atoms with Gasteiger partial charge in [-0.25, -0.2) is 0 Å². The van der Waals surface area contributed by atoms with Crippen LogP contribution in [0.1, 0.15) is 25.7 Å². The zero-order chi connectivity index (χ0) is 13.0. The van der Waals surface area contributed by atoms with E-state index in [0.29, 0.717) is 5.41 Å². The molecule has 106 valence electrons. The zero-order valence-electron chi connectivity index (χ0n) is 11.9. The molecule has 2 aliphatic rings. The minimum Gasteiger partial charge on any atom is -0.381 e. The van der Waals surface area contributed by atoms with Gasteiger partial charge < -0.3 is 14.5 Å². The van der Waals surface area contributed by atoms with E-state index in [9.17, 15) is 0 Å². The van der Waals surface area contributed by atoms with E-state index in [1.807, 2.05) is 0 Å². The summed E-state index contributed by atoms with van der Waals surface area (Å²) in [5, 5.41) is 0. The van der Waals surface area contributed by atoms with Crippen molar-refractivity contribution >= 4 is 12.6 Å². The van der Waals surface area contributed by atoms with E-state index in [2.05, 4.69) is 36.5 Å². The molecule has 0 aromatic heterocycles. The van der Waals surface area contributed by atoms with Gasteiger partial charge in [-0.1, -0.05) is 0 Å². The standard InChI is InChI=1S/C14H28N2OS/c1-15(2)13-4-3-7-16(10-13)11-14(12-18)5-8-17-9-6-14/h13,18H,3-12H2,1-2H3. The van der Waals surface area contributed by atoms with Crippen LogP contribution in [-0.2, 0) is 4.74 Å². The van der Waals surface area contributed by atoms with Crippen LogP contribution in [0, 0.1) is 5.41 Å². The Morgan fingerprint density at radius 3 is 2.67 bits per heavy atom. The predicted molar refractivity (Wildman–Crippen MR) is 79.5 cm³/mol. The number of ether oxygens (including phenoxy) is 1. The molecule has 2 aliphatic heterocycles. The number of hydrogen-bond donors (Lipinski definition) is 1. The van der Waals surface area contributed by atoms with Gasteiger partial charge in [0.1, 0.15) is 0 Å². The second-order valence-corrected chi connectivity index (χ2v) is 6.58. The van der Waals surface area contributed by atoms with Crippen molar-refractivity contribution in [3.8, 4) is 0 Å². The smallest absolute Gasteiger partial charge is 0.0472 e. The molecule has 1 atom stereocenters. The van der Waals surface area contributed by atoms with E-state index in [1.54, 1.807) is 0 Å². The summed E-state index contributed by atoms with van der Waals surface area (Å²) in [6, 6.07) is 0.732. The van der Waals surface area contributed by atoms with Gasteiger partial charge in [-0.05, 0) is 57.5 Å². The number of thiol groups is 1. The van der Waals surface area contributed by atoms with Crippen molar-refractivity contribution in [3.05, 3.63) is 0 Å². The van der Waals surface area contributed by atoms with E-state index in [1.165, 1.54) is 45.3 Å². The molecule has 3 nitrogen and oxygen atoms in total. The van der Waals surface area contributed by atoms with Gasteiger partial charge >= 0.3 is 0 Å². The van der Waals surface area contributed by atoms with Crippen LogP contribution in [0.2, 0.25) is 0 Å². The van der Waals surface area contributed by atoms with E-state index in [4.69, 9.17) is 4.74 Å². The zero-order valence-corrected chi connectivity index (χ0v) is 12.8. The molecule has 4 heteroatoms. The lowest BCUT2D eigenvalue weighted by Gasteiger charge is -2.43. The Labute approximate surface area is 117 Å². The highest BCUT2D eigenvalue weighted by atomic mass is 32.1. The van der Waals surface area contributed by atoms with Crippen molar-refractivity contribution in [1.82, 2.24) is 9.80 Å². The average Bonchev–Trinajstić information content (AvgIpc) is 2.40. The summed E-state index contributed by atoms with van der Waals surface area (Å²) in [4.78, 5) is 5.04. The molecular weight excluding hydrogens is 244 g/mol. The fourth-order valence-corrected chi connectivity index (χ4v) is 3.66. The van der Waals surface area contributed by atoms with Crippen LogP contribution in [0.4, 0.5) is 0 Å². The van der Waals surface area contributed by atoms with Crippen LogP contribution in [-0.4, -0.2) is 68.5 Å². The molecular formula is C14H28N2OS. The van der Waals surface area contributed by atoms with Gasteiger partial charge in [-0.3, -0.25) is 0 Å². The first kappa shape index (κ1) is 14.6. The fraction of sp³-hybridized carbons (Fsp3) is 1.00. The topological polar surface area (TPSA) is 15.7 Å². The Morgan fingerprint density at radius 2 is 2.06 bits per heavy atom. The monoisotopic (exact) mass is 272 g/mol. The van der Waals surface area contributed by atoms with E-state index < -0.39 is 0 Å². The second kappa shape index (κ2) is 6.60. The molecule has 0 spiro atoms. The highest BCUT2D eigenvalue weighted by Gasteiger charge is 2.34. The van der Waals surface area contributed by atoms with Crippen molar-refractivity contribution in [2.45, 2.75) is 31.7 Å². The SMILES string of the molecule is CN(C)C1CCCN(CC2(CS)CCOCC2)C1. The van der Waals surface area contributed by atoms with Crippen LogP contribution < -0.4 is 0 Å². The van der Waals surface area contributed by atoms with Gasteiger partial charge in [0.05, 0.1) is 0 Å². The number of nitrogens with zero attached hydrogens (tertiary/aromatic N) is 2. The molecule has 0 aliphatic carbocycles. The third kappa shape index (κ3) is 3.62. The van der Waals surface area contributed by atoms with Gasteiger partial charge in [0.15, 0.2) is 0 Å². The molecule has 0 bridgehead atoms. The Balaban J connectivity index is 1.90. The van der Waals surface area contributed by atoms with E-state index in [-0.39, 0.29) is 0 Å². The molecule has 2 rings (SSSR count). The maximum absolute atomic E-state index is 5.51. The van der Waals surface area contributed by atoms with Gasteiger partial charge in [0.2, 0.25) is 0 Å². The lowest BCUT2D eigenvalue weighted by molar-refractivity contribution is -0.00124. The summed E-state index contributed by atoms with van der Waals surface area (Å²) in [6.07, 6.45) is 5.04. The van der Waals surface area contributed by atoms with Crippen molar-refractivity contribution in [2.75, 3.05) is 52.7 Å². The van der Waals surface area contributed by atoms with Gasteiger partial charge in [0, 0.05) is 32.3 Å². The second-order valence-electron chi connectivity index (χ2n) is 6.27. The van der Waals surface area contributed by atoms with Crippen molar-refractivity contribution in [2.24, 2.45) is 5.41 Å². The Bertz CT molecular complexity index is 254. The van der Waals surface area contributed by atoms with Crippen molar-refractivity contribution < 1.29 is 4.74 Å². The number of likely N-dealkylation sites (tertiary alicyclic amines) is 1.